The molecule has 0 aliphatic carbocycles. The van der Waals surface area contributed by atoms with Gasteiger partial charge in [-0.25, -0.2) is 0 Å². The molecule has 7 nitrogen and oxygen atoms in total. The molecule has 1 unspecified atom stereocenters. The van der Waals surface area contributed by atoms with Crippen LogP contribution in [0.3, 0.4) is 0 Å². The summed E-state index contributed by atoms with van der Waals surface area (Å²) in [6.45, 7) is 12.9. The second-order valence-corrected chi connectivity index (χ2v) is 8.86. The van der Waals surface area contributed by atoms with Crippen molar-refractivity contribution in [2.24, 2.45) is 10.7 Å². The minimum Gasteiger partial charge on any atom is -0.678 e. The van der Waals surface area contributed by atoms with Crippen molar-refractivity contribution < 1.29 is 30.9 Å². The van der Waals surface area contributed by atoms with Gasteiger partial charge in [0.15, 0.2) is 0 Å². The minimum atomic E-state index is -0.0770. The monoisotopic (exact) mass is 678 g/mol. The number of aliphatic imine (C=N–C) groups is 1. The van der Waals surface area contributed by atoms with E-state index in [0.29, 0.717) is 5.75 Å². The number of aryl methyl sites for hydroxylation is 1. The molecule has 0 saturated heterocycles. The number of nitrogens with two attached hydrogens (primary N) is 1. The third-order valence-corrected chi connectivity index (χ3v) is 6.17. The van der Waals surface area contributed by atoms with Crippen LogP contribution in [0.5, 0.6) is 5.75 Å². The zero-order chi connectivity index (χ0) is 26.3. The molecule has 204 valence electrons. The Morgan fingerprint density at radius 1 is 1.22 bits per heavy atom. The summed E-state index contributed by atoms with van der Waals surface area (Å²) in [5.74, 6) is 0.652. The second kappa shape index (κ2) is 18.0. The van der Waals surface area contributed by atoms with Crippen LogP contribution in [0, 0.1) is 6.92 Å². The fourth-order valence-electron chi connectivity index (χ4n) is 3.97. The Kier molecular flexibility index (Phi) is 15.9. The van der Waals surface area contributed by atoms with E-state index in [1.165, 1.54) is 19.0 Å². The molecule has 0 aromatic heterocycles. The molecule has 0 aliphatic rings. The Morgan fingerprint density at radius 2 is 2.00 bits per heavy atom. The molecule has 1 atom stereocenters. The van der Waals surface area contributed by atoms with E-state index in [4.69, 9.17) is 15.8 Å². The standard InChI is InChI=1S/C29H44N5O2.W/c1-6-8-14-34(7-2)15-13-32-26-11-9-22(3)28(19-26)33-23(4)24-10-12-29(36-17-16-35)27(18-24)25(20-30)21-31-5;/h9-12,18-21,23,32,35H,6-8,13-17,30H2,1-5H3;/q-1;/b25-20+,31-21?;. The van der Waals surface area contributed by atoms with E-state index in [0.717, 1.165) is 59.8 Å². The van der Waals surface area contributed by atoms with Crippen molar-refractivity contribution in [1.29, 1.82) is 0 Å². The van der Waals surface area contributed by atoms with E-state index in [9.17, 15) is 5.11 Å². The summed E-state index contributed by atoms with van der Waals surface area (Å²) in [6, 6.07) is 12.2. The van der Waals surface area contributed by atoms with Crippen LogP contribution < -0.4 is 15.8 Å². The molecule has 0 spiro atoms. The van der Waals surface area contributed by atoms with Gasteiger partial charge in [0, 0.05) is 70.4 Å². The van der Waals surface area contributed by atoms with Crippen LogP contribution in [0.25, 0.3) is 10.9 Å². The first-order valence-corrected chi connectivity index (χ1v) is 13.0. The number of hydrogen-bond acceptors (Lipinski definition) is 6. The van der Waals surface area contributed by atoms with Gasteiger partial charge in [0.25, 0.3) is 0 Å². The maximum absolute atomic E-state index is 9.19. The summed E-state index contributed by atoms with van der Waals surface area (Å²) in [5.41, 5.74) is 11.7. The van der Waals surface area contributed by atoms with Gasteiger partial charge in [0.2, 0.25) is 0 Å². The Labute approximate surface area is 237 Å². The zero-order valence-corrected chi connectivity index (χ0v) is 26.0. The van der Waals surface area contributed by atoms with E-state index in [-0.39, 0.29) is 40.3 Å². The van der Waals surface area contributed by atoms with E-state index in [1.807, 2.05) is 18.2 Å². The minimum absolute atomic E-state index is 0. The molecule has 4 N–H and O–H groups in total. The number of rotatable bonds is 16. The summed E-state index contributed by atoms with van der Waals surface area (Å²) >= 11 is 0. The molecule has 0 fully saturated rings. The predicted octanol–water partition coefficient (Wildman–Crippen LogP) is 5.66. The molecule has 2 aromatic rings. The van der Waals surface area contributed by atoms with Crippen LogP contribution in [0.4, 0.5) is 11.4 Å². The molecule has 0 radical (unpaired) electrons. The predicted molar refractivity (Wildman–Crippen MR) is 154 cm³/mol. The summed E-state index contributed by atoms with van der Waals surface area (Å²) in [7, 11) is 1.70. The van der Waals surface area contributed by atoms with E-state index < -0.39 is 0 Å². The molecule has 0 saturated carbocycles. The number of aliphatic hydroxyl groups is 1. The third-order valence-electron chi connectivity index (χ3n) is 6.17. The molecule has 8 heteroatoms. The smallest absolute Gasteiger partial charge is 0.127 e. The molecule has 2 aromatic carbocycles. The molecule has 37 heavy (non-hydrogen) atoms. The molecular weight excluding hydrogens is 634 g/mol. The Bertz CT molecular complexity index is 996. The first kappa shape index (κ1) is 32.7. The summed E-state index contributed by atoms with van der Waals surface area (Å²) in [5, 5.41) is 17.8. The van der Waals surface area contributed by atoms with Crippen molar-refractivity contribution in [3.63, 3.8) is 0 Å². The number of unbranched alkanes of at least 4 members (excludes halogenated alkanes) is 1. The topological polar surface area (TPSA) is 97.2 Å². The number of ether oxygens (including phenoxy) is 1. The van der Waals surface area contributed by atoms with Crippen LogP contribution >= 0.6 is 0 Å². The number of nitrogens with zero attached hydrogens (tertiary/aromatic N) is 3. The average molecular weight is 679 g/mol. The second-order valence-electron chi connectivity index (χ2n) is 8.86. The Morgan fingerprint density at radius 3 is 2.65 bits per heavy atom. The van der Waals surface area contributed by atoms with Crippen molar-refractivity contribution in [3.8, 4) is 5.75 Å². The van der Waals surface area contributed by atoms with Crippen LogP contribution in [0.1, 0.15) is 56.3 Å². The molecule has 0 aliphatic heterocycles. The van der Waals surface area contributed by atoms with Gasteiger partial charge >= 0.3 is 0 Å². The maximum Gasteiger partial charge on any atom is 0.127 e. The Balaban J connectivity index is 0.00000684. The van der Waals surface area contributed by atoms with Gasteiger partial charge in [-0.3, -0.25) is 4.99 Å². The summed E-state index contributed by atoms with van der Waals surface area (Å²) in [6.07, 6.45) is 5.68. The molecule has 0 heterocycles. The van der Waals surface area contributed by atoms with Gasteiger partial charge in [0.05, 0.1) is 6.61 Å². The number of hydrogen-bond donors (Lipinski definition) is 3. The molecule has 2 rings (SSSR count). The Hall–Kier alpha value is -2.34. The SMILES string of the molecule is CCCCN(CC)CCNc1ccc(C)c([N-]C(C)c2ccc(OCCO)c(/C(C=NC)=C/N)c2)c1.[W]. The van der Waals surface area contributed by atoms with Gasteiger partial charge in [-0.05, 0) is 44.6 Å². The van der Waals surface area contributed by atoms with Crippen LogP contribution in [-0.4, -0.2) is 62.7 Å². The number of nitrogens with one attached hydrogen (secondary N) is 1. The van der Waals surface area contributed by atoms with Crippen LogP contribution in [0.2, 0.25) is 0 Å². The van der Waals surface area contributed by atoms with Crippen molar-refractivity contribution in [2.75, 3.05) is 51.8 Å². The third kappa shape index (κ3) is 10.5. The summed E-state index contributed by atoms with van der Waals surface area (Å²) in [4.78, 5) is 6.59. The number of anilines is 1. The maximum atomic E-state index is 9.19. The van der Waals surface area contributed by atoms with E-state index in [1.54, 1.807) is 13.3 Å². The van der Waals surface area contributed by atoms with Crippen molar-refractivity contribution in [2.45, 2.75) is 46.6 Å². The van der Waals surface area contributed by atoms with Gasteiger partial charge in [-0.2, -0.15) is 0 Å². The summed E-state index contributed by atoms with van der Waals surface area (Å²) < 4.78 is 5.74. The van der Waals surface area contributed by atoms with E-state index >= 15 is 0 Å². The fourth-order valence-corrected chi connectivity index (χ4v) is 3.97. The first-order chi connectivity index (χ1) is 17.5. The fraction of sp³-hybridized carbons (Fsp3) is 0.483. The van der Waals surface area contributed by atoms with Crippen molar-refractivity contribution in [3.05, 3.63) is 64.6 Å². The molecular formula is C29H44N5O2W-. The van der Waals surface area contributed by atoms with Gasteiger partial charge < -0.3 is 31.1 Å². The van der Waals surface area contributed by atoms with Crippen molar-refractivity contribution >= 4 is 23.2 Å². The van der Waals surface area contributed by atoms with Crippen LogP contribution in [0.15, 0.2) is 47.6 Å². The number of likely N-dealkylation sites (N-methyl/N-ethyl adjacent to an activating group) is 1. The normalized spacial score (nSPS) is 12.5. The van der Waals surface area contributed by atoms with E-state index in [2.05, 4.69) is 61.1 Å². The number of allylic oxidation sites excluding steroid dienone is 1. The van der Waals surface area contributed by atoms with Gasteiger partial charge in [0.1, 0.15) is 12.4 Å². The molecule has 0 bridgehead atoms. The quantitative estimate of drug-likeness (QED) is 0.199. The number of aliphatic hydroxyl groups excluding tert-OH is 1. The molecule has 0 amide bonds. The van der Waals surface area contributed by atoms with Crippen molar-refractivity contribution in [1.82, 2.24) is 4.90 Å². The van der Waals surface area contributed by atoms with Gasteiger partial charge in [-0.15, -0.1) is 5.69 Å². The first-order valence-electron chi connectivity index (χ1n) is 13.0. The zero-order valence-electron chi connectivity index (χ0n) is 23.0. The number of benzene rings is 2. The van der Waals surface area contributed by atoms with Gasteiger partial charge in [-0.1, -0.05) is 62.6 Å². The largest absolute Gasteiger partial charge is 0.678 e. The van der Waals surface area contributed by atoms with Crippen LogP contribution in [-0.2, 0) is 21.1 Å². The average Bonchev–Trinajstić information content (AvgIpc) is 2.89.